The Bertz CT molecular complexity index is 1160. The highest BCUT2D eigenvalue weighted by molar-refractivity contribution is 7.20. The van der Waals surface area contributed by atoms with Crippen LogP contribution in [0.1, 0.15) is 22.0 Å². The van der Waals surface area contributed by atoms with Crippen molar-refractivity contribution >= 4 is 33.4 Å². The third kappa shape index (κ3) is 4.56. The highest BCUT2D eigenvalue weighted by Crippen LogP contribution is 2.26. The Morgan fingerprint density at radius 3 is 2.57 bits per heavy atom. The molecule has 0 fully saturated rings. The molecule has 1 atom stereocenters. The molecule has 4 rings (SSSR count). The first-order chi connectivity index (χ1) is 14.6. The molecule has 2 aromatic carbocycles. The monoisotopic (exact) mass is 420 g/mol. The van der Waals surface area contributed by atoms with Gasteiger partial charge in [0.05, 0.1) is 22.9 Å². The Morgan fingerprint density at radius 2 is 1.80 bits per heavy atom. The van der Waals surface area contributed by atoms with E-state index in [1.165, 1.54) is 11.3 Å². The smallest absolute Gasteiger partial charge is 0.251 e. The van der Waals surface area contributed by atoms with Crippen LogP contribution in [-0.2, 0) is 4.79 Å². The second kappa shape index (κ2) is 8.89. The zero-order valence-electron chi connectivity index (χ0n) is 16.0. The number of benzene rings is 2. The average Bonchev–Trinajstić information content (AvgIpc) is 3.45. The summed E-state index contributed by atoms with van der Waals surface area (Å²) in [5.74, 6) is -0.710. The van der Waals surface area contributed by atoms with E-state index in [1.54, 1.807) is 30.3 Å². The summed E-state index contributed by atoms with van der Waals surface area (Å²) in [4.78, 5) is 29.0. The Morgan fingerprint density at radius 1 is 1.03 bits per heavy atom. The lowest BCUT2D eigenvalue weighted by Gasteiger charge is -2.12. The maximum Gasteiger partial charge on any atom is 0.251 e. The van der Waals surface area contributed by atoms with Gasteiger partial charge < -0.3 is 20.3 Å². The molecule has 0 bridgehead atoms. The fourth-order valence-electron chi connectivity index (χ4n) is 2.95. The van der Waals surface area contributed by atoms with Crippen molar-refractivity contribution < 1.29 is 14.7 Å². The molecule has 0 aliphatic carbocycles. The maximum atomic E-state index is 12.4. The van der Waals surface area contributed by atoms with E-state index in [9.17, 15) is 14.7 Å². The van der Waals surface area contributed by atoms with E-state index in [1.807, 2.05) is 47.3 Å². The molecule has 7 nitrogen and oxygen atoms in total. The number of carbonyl (C=O) groups excluding carboxylic acids is 2. The van der Waals surface area contributed by atoms with Crippen molar-refractivity contribution in [3.8, 4) is 5.13 Å². The van der Waals surface area contributed by atoms with E-state index in [0.717, 1.165) is 20.9 Å². The predicted molar refractivity (Wildman–Crippen MR) is 116 cm³/mol. The lowest BCUT2D eigenvalue weighted by atomic mass is 10.1. The minimum atomic E-state index is -0.797. The number of fused-ring (bicyclic) bond motifs is 1. The number of aromatic nitrogens is 2. The summed E-state index contributed by atoms with van der Waals surface area (Å²) in [6.07, 6.45) is 3.03. The van der Waals surface area contributed by atoms with Crippen LogP contribution in [0.4, 0.5) is 0 Å². The standard InChI is InChI=1S/C22H20N4O3S/c27-18(15-6-2-1-3-7-15)13-23-20(28)14-24-21(29)16-8-9-17-19(12-16)30-22(25-17)26-10-4-5-11-26/h1-12,18,27H,13-14H2,(H,23,28)(H,24,29)/t18-/m1/s1. The summed E-state index contributed by atoms with van der Waals surface area (Å²) in [7, 11) is 0. The first-order valence-electron chi connectivity index (χ1n) is 9.42. The molecule has 152 valence electrons. The number of hydrogen-bond acceptors (Lipinski definition) is 5. The van der Waals surface area contributed by atoms with Gasteiger partial charge in [0.15, 0.2) is 5.13 Å². The lowest BCUT2D eigenvalue weighted by Crippen LogP contribution is -2.38. The van der Waals surface area contributed by atoms with Gasteiger partial charge in [0.1, 0.15) is 0 Å². The molecule has 0 radical (unpaired) electrons. The van der Waals surface area contributed by atoms with Gasteiger partial charge >= 0.3 is 0 Å². The van der Waals surface area contributed by atoms with Gasteiger partial charge in [0.2, 0.25) is 5.91 Å². The fourth-order valence-corrected chi connectivity index (χ4v) is 3.93. The molecular formula is C22H20N4O3S. The molecule has 30 heavy (non-hydrogen) atoms. The summed E-state index contributed by atoms with van der Waals surface area (Å²) < 4.78 is 2.81. The first kappa shape index (κ1) is 19.8. The van der Waals surface area contributed by atoms with Gasteiger partial charge in [-0.2, -0.15) is 0 Å². The van der Waals surface area contributed by atoms with Gasteiger partial charge in [-0.25, -0.2) is 4.98 Å². The maximum absolute atomic E-state index is 12.4. The minimum absolute atomic E-state index is 0.0771. The SMILES string of the molecule is O=C(CNC(=O)c1ccc2nc(-n3cccc3)sc2c1)NC[C@@H](O)c1ccccc1. The van der Waals surface area contributed by atoms with Crippen molar-refractivity contribution in [2.45, 2.75) is 6.10 Å². The van der Waals surface area contributed by atoms with Gasteiger partial charge in [-0.3, -0.25) is 9.59 Å². The van der Waals surface area contributed by atoms with Crippen LogP contribution in [-0.4, -0.2) is 39.6 Å². The van der Waals surface area contributed by atoms with E-state index in [2.05, 4.69) is 15.6 Å². The molecule has 2 aromatic heterocycles. The van der Waals surface area contributed by atoms with Gasteiger partial charge in [-0.1, -0.05) is 41.7 Å². The molecule has 3 N–H and O–H groups in total. The van der Waals surface area contributed by atoms with E-state index < -0.39 is 6.10 Å². The molecule has 0 aliphatic rings. The number of nitrogens with one attached hydrogen (secondary N) is 2. The highest BCUT2D eigenvalue weighted by Gasteiger charge is 2.13. The number of amides is 2. The average molecular weight is 420 g/mol. The zero-order valence-corrected chi connectivity index (χ0v) is 16.8. The molecule has 2 amide bonds. The van der Waals surface area contributed by atoms with Gasteiger partial charge in [-0.05, 0) is 35.9 Å². The second-order valence-corrected chi connectivity index (χ2v) is 7.69. The quantitative estimate of drug-likeness (QED) is 0.428. The predicted octanol–water partition coefficient (Wildman–Crippen LogP) is 2.67. The van der Waals surface area contributed by atoms with Crippen LogP contribution in [0.5, 0.6) is 0 Å². The summed E-state index contributed by atoms with van der Waals surface area (Å²) in [5, 5.41) is 16.1. The van der Waals surface area contributed by atoms with Gasteiger partial charge in [-0.15, -0.1) is 0 Å². The molecule has 0 saturated heterocycles. The fraction of sp³-hybridized carbons (Fsp3) is 0.136. The van der Waals surface area contributed by atoms with Crippen LogP contribution in [0.3, 0.4) is 0 Å². The number of hydrogen-bond donors (Lipinski definition) is 3. The number of rotatable bonds is 7. The normalized spacial score (nSPS) is 11.9. The third-order valence-corrected chi connectivity index (χ3v) is 5.58. The molecule has 8 heteroatoms. The van der Waals surface area contributed by atoms with Gasteiger partial charge in [0, 0.05) is 24.5 Å². The zero-order chi connectivity index (χ0) is 20.9. The van der Waals surface area contributed by atoms with Crippen LogP contribution in [0.25, 0.3) is 15.3 Å². The number of aliphatic hydroxyl groups is 1. The Kier molecular flexibility index (Phi) is 5.87. The van der Waals surface area contributed by atoms with Crippen LogP contribution in [0.2, 0.25) is 0 Å². The van der Waals surface area contributed by atoms with Crippen molar-refractivity contribution in [2.75, 3.05) is 13.1 Å². The third-order valence-electron chi connectivity index (χ3n) is 4.55. The largest absolute Gasteiger partial charge is 0.387 e. The molecule has 0 aliphatic heterocycles. The molecule has 0 unspecified atom stereocenters. The summed E-state index contributed by atoms with van der Waals surface area (Å²) in [5.41, 5.74) is 1.99. The van der Waals surface area contributed by atoms with Crippen LogP contribution in [0, 0.1) is 0 Å². The Balaban J connectivity index is 1.32. The summed E-state index contributed by atoms with van der Waals surface area (Å²) in [6, 6.07) is 18.2. The summed E-state index contributed by atoms with van der Waals surface area (Å²) >= 11 is 1.48. The topological polar surface area (TPSA) is 96.2 Å². The van der Waals surface area contributed by atoms with Crippen LogP contribution in [0.15, 0.2) is 73.1 Å². The lowest BCUT2D eigenvalue weighted by molar-refractivity contribution is -0.120. The highest BCUT2D eigenvalue weighted by atomic mass is 32.1. The van der Waals surface area contributed by atoms with Crippen LogP contribution < -0.4 is 10.6 Å². The van der Waals surface area contributed by atoms with Crippen molar-refractivity contribution in [1.82, 2.24) is 20.2 Å². The molecule has 0 saturated carbocycles. The van der Waals surface area contributed by atoms with E-state index >= 15 is 0 Å². The number of nitrogens with zero attached hydrogens (tertiary/aromatic N) is 2. The number of thiazole rings is 1. The number of aliphatic hydroxyl groups excluding tert-OH is 1. The summed E-state index contributed by atoms with van der Waals surface area (Å²) in [6.45, 7) is -0.0939. The Labute approximate surface area is 177 Å². The van der Waals surface area contributed by atoms with Crippen molar-refractivity contribution in [2.24, 2.45) is 0 Å². The van der Waals surface area contributed by atoms with E-state index in [0.29, 0.717) is 5.56 Å². The second-order valence-electron chi connectivity index (χ2n) is 6.68. The molecular weight excluding hydrogens is 400 g/mol. The van der Waals surface area contributed by atoms with Crippen molar-refractivity contribution in [3.05, 3.63) is 84.2 Å². The van der Waals surface area contributed by atoms with E-state index in [-0.39, 0.29) is 24.9 Å². The van der Waals surface area contributed by atoms with E-state index in [4.69, 9.17) is 0 Å². The first-order valence-corrected chi connectivity index (χ1v) is 10.2. The molecule has 0 spiro atoms. The molecule has 2 heterocycles. The van der Waals surface area contributed by atoms with Gasteiger partial charge in [0.25, 0.3) is 5.91 Å². The van der Waals surface area contributed by atoms with Crippen molar-refractivity contribution in [1.29, 1.82) is 0 Å². The molecule has 4 aromatic rings. The van der Waals surface area contributed by atoms with Crippen LogP contribution >= 0.6 is 11.3 Å². The number of carbonyl (C=O) groups is 2. The minimum Gasteiger partial charge on any atom is -0.387 e. The Hall–Kier alpha value is -3.49. The van der Waals surface area contributed by atoms with Crippen molar-refractivity contribution in [3.63, 3.8) is 0 Å².